The molecule has 3 N–H and O–H groups in total. The number of nitrogens with zero attached hydrogens (tertiary/aromatic N) is 1. The molecule has 20 heavy (non-hydrogen) atoms. The zero-order chi connectivity index (χ0) is 14.7. The van der Waals surface area contributed by atoms with Crippen LogP contribution in [0.15, 0.2) is 17.5 Å². The first-order valence-corrected chi connectivity index (χ1v) is 8.36. The van der Waals surface area contributed by atoms with Crippen LogP contribution in [0.25, 0.3) is 0 Å². The van der Waals surface area contributed by atoms with E-state index in [-0.39, 0.29) is 12.1 Å². The van der Waals surface area contributed by atoms with Crippen LogP contribution < -0.4 is 15.8 Å². The minimum Gasteiger partial charge on any atom is -0.484 e. The largest absolute Gasteiger partial charge is 0.484 e. The van der Waals surface area contributed by atoms with Gasteiger partial charge in [-0.15, -0.1) is 11.3 Å². The highest BCUT2D eigenvalue weighted by Crippen LogP contribution is 2.40. The Labute approximate surface area is 128 Å². The molecule has 0 spiro atoms. The lowest BCUT2D eigenvalue weighted by Crippen LogP contribution is -2.16. The number of aromatic nitrogens is 1. The van der Waals surface area contributed by atoms with Gasteiger partial charge in [0.1, 0.15) is 0 Å². The monoisotopic (exact) mass is 311 g/mol. The molecule has 2 heterocycles. The molecule has 0 aromatic carbocycles. The normalized spacial score (nSPS) is 12.9. The first kappa shape index (κ1) is 15.1. The molecule has 0 radical (unpaired) electrons. The topological polar surface area (TPSA) is 60.2 Å². The molecule has 6 heteroatoms. The summed E-state index contributed by atoms with van der Waals surface area (Å²) in [6.45, 7) is 8.37. The van der Waals surface area contributed by atoms with Gasteiger partial charge in [-0.3, -0.25) is 0 Å². The fourth-order valence-electron chi connectivity index (χ4n) is 1.91. The Bertz CT molecular complexity index is 535. The fraction of sp³-hybridized carbons (Fsp3) is 0.500. The van der Waals surface area contributed by atoms with Crippen LogP contribution in [0.3, 0.4) is 0 Å². The molecule has 2 rings (SSSR count). The van der Waals surface area contributed by atoms with Crippen molar-refractivity contribution in [1.29, 1.82) is 0 Å². The predicted molar refractivity (Wildman–Crippen MR) is 87.8 cm³/mol. The summed E-state index contributed by atoms with van der Waals surface area (Å²) in [7, 11) is 0. The summed E-state index contributed by atoms with van der Waals surface area (Å²) in [5.41, 5.74) is 5.90. The van der Waals surface area contributed by atoms with Crippen molar-refractivity contribution in [3.05, 3.63) is 22.4 Å². The maximum atomic E-state index is 5.90. The predicted octanol–water partition coefficient (Wildman–Crippen LogP) is 4.38. The van der Waals surface area contributed by atoms with Gasteiger partial charge in [-0.2, -0.15) is 4.37 Å². The number of nitrogen functional groups attached to an aromatic ring is 1. The lowest BCUT2D eigenvalue weighted by Gasteiger charge is -2.22. The van der Waals surface area contributed by atoms with E-state index in [9.17, 15) is 0 Å². The number of hydrogen-bond acceptors (Lipinski definition) is 6. The van der Waals surface area contributed by atoms with Crippen LogP contribution in [0, 0.1) is 5.92 Å². The molecule has 0 amide bonds. The molecule has 0 aliphatic rings. The van der Waals surface area contributed by atoms with Crippen LogP contribution in [0.4, 0.5) is 10.8 Å². The van der Waals surface area contributed by atoms with E-state index in [0.29, 0.717) is 17.5 Å². The van der Waals surface area contributed by atoms with E-state index < -0.39 is 0 Å². The second kappa shape index (κ2) is 6.45. The third-order valence-corrected chi connectivity index (χ3v) is 4.56. The Hall–Kier alpha value is -1.27. The van der Waals surface area contributed by atoms with E-state index in [1.165, 1.54) is 16.4 Å². The van der Waals surface area contributed by atoms with Gasteiger partial charge >= 0.3 is 0 Å². The van der Waals surface area contributed by atoms with Gasteiger partial charge in [-0.25, -0.2) is 0 Å². The molecule has 110 valence electrons. The number of rotatable bonds is 6. The van der Waals surface area contributed by atoms with Gasteiger partial charge in [0, 0.05) is 4.88 Å². The summed E-state index contributed by atoms with van der Waals surface area (Å²) in [5, 5.41) is 6.54. The molecular formula is C14H21N3OS2. The third-order valence-electron chi connectivity index (χ3n) is 2.83. The van der Waals surface area contributed by atoms with Crippen LogP contribution in [0.2, 0.25) is 0 Å². The Kier molecular flexibility index (Phi) is 4.88. The zero-order valence-electron chi connectivity index (χ0n) is 12.2. The van der Waals surface area contributed by atoms with Crippen LogP contribution in [0.5, 0.6) is 5.75 Å². The highest BCUT2D eigenvalue weighted by Gasteiger charge is 2.22. The van der Waals surface area contributed by atoms with E-state index in [0.717, 1.165) is 5.00 Å². The van der Waals surface area contributed by atoms with Crippen molar-refractivity contribution in [3.8, 4) is 5.75 Å². The standard InChI is InChI=1S/C14H21N3OS2/c1-8(2)11(10-6-5-7-19-10)16-14-12(18-9(3)4)13(15)17-20-14/h5-9,11,16H,1-4H3,(H2,15,17). The highest BCUT2D eigenvalue weighted by atomic mass is 32.1. The van der Waals surface area contributed by atoms with Crippen molar-refractivity contribution in [3.63, 3.8) is 0 Å². The van der Waals surface area contributed by atoms with Crippen LogP contribution in [-0.2, 0) is 0 Å². The van der Waals surface area contributed by atoms with E-state index in [1.807, 2.05) is 13.8 Å². The summed E-state index contributed by atoms with van der Waals surface area (Å²) in [4.78, 5) is 1.31. The molecule has 0 saturated heterocycles. The second-order valence-electron chi connectivity index (χ2n) is 5.27. The Morgan fingerprint density at radius 1 is 1.30 bits per heavy atom. The van der Waals surface area contributed by atoms with Crippen molar-refractivity contribution < 1.29 is 4.74 Å². The molecule has 2 aromatic heterocycles. The van der Waals surface area contributed by atoms with E-state index in [2.05, 4.69) is 41.1 Å². The Morgan fingerprint density at radius 3 is 2.60 bits per heavy atom. The van der Waals surface area contributed by atoms with Gasteiger partial charge < -0.3 is 15.8 Å². The molecule has 0 fully saturated rings. The van der Waals surface area contributed by atoms with Gasteiger partial charge in [-0.05, 0) is 42.7 Å². The smallest absolute Gasteiger partial charge is 0.197 e. The average Bonchev–Trinajstić information content (AvgIpc) is 2.98. The minimum atomic E-state index is 0.0773. The highest BCUT2D eigenvalue weighted by molar-refractivity contribution is 7.11. The summed E-state index contributed by atoms with van der Waals surface area (Å²) in [5.74, 6) is 1.59. The van der Waals surface area contributed by atoms with E-state index in [1.54, 1.807) is 11.3 Å². The molecule has 0 saturated carbocycles. The molecule has 1 unspecified atom stereocenters. The number of nitrogens with one attached hydrogen (secondary N) is 1. The zero-order valence-corrected chi connectivity index (χ0v) is 13.8. The van der Waals surface area contributed by atoms with E-state index in [4.69, 9.17) is 10.5 Å². The molecular weight excluding hydrogens is 290 g/mol. The number of hydrogen-bond donors (Lipinski definition) is 2. The first-order valence-electron chi connectivity index (χ1n) is 6.70. The van der Waals surface area contributed by atoms with Gasteiger partial charge in [0.25, 0.3) is 0 Å². The molecule has 2 aromatic rings. The van der Waals surface area contributed by atoms with Crippen LogP contribution in [-0.4, -0.2) is 10.5 Å². The average molecular weight is 311 g/mol. The second-order valence-corrected chi connectivity index (χ2v) is 7.03. The fourth-order valence-corrected chi connectivity index (χ4v) is 3.55. The molecule has 0 aliphatic carbocycles. The molecule has 4 nitrogen and oxygen atoms in total. The van der Waals surface area contributed by atoms with E-state index >= 15 is 0 Å². The molecule has 0 bridgehead atoms. The number of anilines is 2. The maximum absolute atomic E-state index is 5.90. The number of ether oxygens (including phenoxy) is 1. The summed E-state index contributed by atoms with van der Waals surface area (Å²) in [6, 6.07) is 4.46. The quantitative estimate of drug-likeness (QED) is 0.831. The Balaban J connectivity index is 2.23. The van der Waals surface area contributed by atoms with Gasteiger partial charge in [0.2, 0.25) is 0 Å². The van der Waals surface area contributed by atoms with Crippen LogP contribution >= 0.6 is 22.9 Å². The number of nitrogens with two attached hydrogens (primary N) is 1. The summed E-state index contributed by atoms with van der Waals surface area (Å²) < 4.78 is 9.98. The third kappa shape index (κ3) is 3.43. The number of thiophene rings is 1. The SMILES string of the molecule is CC(C)Oc1c(N)nsc1NC(c1cccs1)C(C)C. The van der Waals surface area contributed by atoms with Gasteiger partial charge in [-0.1, -0.05) is 19.9 Å². The molecule has 1 atom stereocenters. The minimum absolute atomic E-state index is 0.0773. The van der Waals surface area contributed by atoms with Crippen molar-refractivity contribution in [2.45, 2.75) is 39.8 Å². The van der Waals surface area contributed by atoms with Crippen molar-refractivity contribution in [2.75, 3.05) is 11.1 Å². The van der Waals surface area contributed by atoms with Gasteiger partial charge in [0.15, 0.2) is 16.6 Å². The van der Waals surface area contributed by atoms with Crippen LogP contribution in [0.1, 0.15) is 38.6 Å². The van der Waals surface area contributed by atoms with Crippen molar-refractivity contribution in [2.24, 2.45) is 5.92 Å². The summed E-state index contributed by atoms with van der Waals surface area (Å²) >= 11 is 3.11. The lowest BCUT2D eigenvalue weighted by atomic mass is 10.0. The van der Waals surface area contributed by atoms with Crippen molar-refractivity contribution >= 4 is 33.7 Å². The Morgan fingerprint density at radius 2 is 2.05 bits per heavy atom. The van der Waals surface area contributed by atoms with Crippen molar-refractivity contribution in [1.82, 2.24) is 4.37 Å². The van der Waals surface area contributed by atoms with Gasteiger partial charge in [0.05, 0.1) is 12.1 Å². The molecule has 0 aliphatic heterocycles. The first-order chi connectivity index (χ1) is 9.49. The summed E-state index contributed by atoms with van der Waals surface area (Å²) in [6.07, 6.45) is 0.0773. The maximum Gasteiger partial charge on any atom is 0.197 e. The lowest BCUT2D eigenvalue weighted by molar-refractivity contribution is 0.245.